The smallest absolute Gasteiger partial charge is 0.416 e. The largest absolute Gasteiger partial charge is 0.449 e. The summed E-state index contributed by atoms with van der Waals surface area (Å²) >= 11 is 0. The van der Waals surface area contributed by atoms with E-state index in [1.807, 2.05) is 7.05 Å². The molecule has 5 nitrogen and oxygen atoms in total. The highest BCUT2D eigenvalue weighted by Gasteiger charge is 2.31. The van der Waals surface area contributed by atoms with E-state index >= 15 is 0 Å². The van der Waals surface area contributed by atoms with Crippen molar-refractivity contribution in [2.45, 2.75) is 6.18 Å². The zero-order chi connectivity index (χ0) is 17.8. The van der Waals surface area contributed by atoms with E-state index in [2.05, 4.69) is 9.88 Å². The Kier molecular flexibility index (Phi) is 3.54. The summed E-state index contributed by atoms with van der Waals surface area (Å²) in [7, 11) is 2.00. The third-order valence-corrected chi connectivity index (χ3v) is 4.59. The maximum absolute atomic E-state index is 12.8. The first-order valence-corrected chi connectivity index (χ1v) is 7.93. The number of likely N-dealkylation sites (N-methyl/N-ethyl adjacent to an activating group) is 1. The molecular weight excluding hydrogens is 335 g/mol. The van der Waals surface area contributed by atoms with Crippen molar-refractivity contribution in [3.63, 3.8) is 0 Å². The van der Waals surface area contributed by atoms with Crippen LogP contribution in [0.25, 0.3) is 22.0 Å². The van der Waals surface area contributed by atoms with Gasteiger partial charge in [0.15, 0.2) is 11.3 Å². The third kappa shape index (κ3) is 2.76. The molecular formula is C17H16F3N3O2. The van der Waals surface area contributed by atoms with E-state index in [-0.39, 0.29) is 11.7 Å². The van der Waals surface area contributed by atoms with Crippen molar-refractivity contribution in [3.05, 3.63) is 35.6 Å². The quantitative estimate of drug-likeness (QED) is 0.732. The van der Waals surface area contributed by atoms with Crippen LogP contribution >= 0.6 is 0 Å². The first kappa shape index (κ1) is 16.0. The maximum Gasteiger partial charge on any atom is 0.416 e. The lowest BCUT2D eigenvalue weighted by Gasteiger charge is -2.31. The van der Waals surface area contributed by atoms with Crippen LogP contribution in [0.15, 0.2) is 28.7 Å². The number of H-pyrrole nitrogens is 1. The van der Waals surface area contributed by atoms with Crippen molar-refractivity contribution in [2.24, 2.45) is 0 Å². The summed E-state index contributed by atoms with van der Waals surface area (Å²) < 4.78 is 44.1. The van der Waals surface area contributed by atoms with Crippen LogP contribution in [0, 0.1) is 0 Å². The van der Waals surface area contributed by atoms with Crippen LogP contribution in [-0.4, -0.2) is 53.9 Å². The van der Waals surface area contributed by atoms with Gasteiger partial charge < -0.3 is 19.2 Å². The summed E-state index contributed by atoms with van der Waals surface area (Å²) in [5.74, 6) is 0.00497. The van der Waals surface area contributed by atoms with Crippen LogP contribution in [0.2, 0.25) is 0 Å². The first-order valence-electron chi connectivity index (χ1n) is 7.93. The fourth-order valence-corrected chi connectivity index (χ4v) is 3.12. The number of aromatic amines is 1. The van der Waals surface area contributed by atoms with E-state index in [1.165, 1.54) is 6.07 Å². The monoisotopic (exact) mass is 351 g/mol. The molecule has 8 heteroatoms. The van der Waals surface area contributed by atoms with Crippen LogP contribution in [0.1, 0.15) is 16.1 Å². The molecule has 1 fully saturated rings. The van der Waals surface area contributed by atoms with Crippen LogP contribution in [-0.2, 0) is 6.18 Å². The molecule has 2 aromatic heterocycles. The van der Waals surface area contributed by atoms with Crippen molar-refractivity contribution in [3.8, 4) is 0 Å². The Balaban J connectivity index is 1.68. The van der Waals surface area contributed by atoms with Gasteiger partial charge in [-0.15, -0.1) is 0 Å². The molecule has 1 amide bonds. The maximum atomic E-state index is 12.8. The number of hydrogen-bond donors (Lipinski definition) is 1. The summed E-state index contributed by atoms with van der Waals surface area (Å²) in [6.07, 6.45) is -4.40. The number of fused-ring (bicyclic) bond motifs is 3. The van der Waals surface area contributed by atoms with Crippen molar-refractivity contribution < 1.29 is 22.4 Å². The average molecular weight is 351 g/mol. The first-order chi connectivity index (χ1) is 11.8. The van der Waals surface area contributed by atoms with Gasteiger partial charge in [-0.2, -0.15) is 13.2 Å². The Bertz CT molecular complexity index is 949. The number of alkyl halides is 3. The third-order valence-electron chi connectivity index (χ3n) is 4.59. The van der Waals surface area contributed by atoms with E-state index in [4.69, 9.17) is 4.42 Å². The number of nitrogens with zero attached hydrogens (tertiary/aromatic N) is 2. The number of rotatable bonds is 1. The SMILES string of the molecule is CN1CCN(C(=O)c2cc3[nH]c4cc(C(F)(F)F)ccc4c3o2)CC1. The van der Waals surface area contributed by atoms with Crippen molar-refractivity contribution >= 4 is 27.9 Å². The van der Waals surface area contributed by atoms with E-state index < -0.39 is 11.7 Å². The Morgan fingerprint density at radius 3 is 2.52 bits per heavy atom. The lowest BCUT2D eigenvalue weighted by atomic mass is 10.1. The number of halogens is 3. The predicted molar refractivity (Wildman–Crippen MR) is 86.5 cm³/mol. The molecule has 0 radical (unpaired) electrons. The summed E-state index contributed by atoms with van der Waals surface area (Å²) in [5, 5.41) is 0.528. The summed E-state index contributed by atoms with van der Waals surface area (Å²) in [6, 6.07) is 4.99. The zero-order valence-corrected chi connectivity index (χ0v) is 13.5. The molecule has 1 aliphatic rings. The van der Waals surface area contributed by atoms with E-state index in [1.54, 1.807) is 11.0 Å². The molecule has 3 aromatic rings. The molecule has 4 rings (SSSR count). The van der Waals surface area contributed by atoms with Gasteiger partial charge in [0.05, 0.1) is 16.6 Å². The number of piperazine rings is 1. The zero-order valence-electron chi connectivity index (χ0n) is 13.5. The summed E-state index contributed by atoms with van der Waals surface area (Å²) in [5.41, 5.74) is 0.535. The molecule has 1 aliphatic heterocycles. The lowest BCUT2D eigenvalue weighted by molar-refractivity contribution is -0.137. The molecule has 1 aromatic carbocycles. The van der Waals surface area contributed by atoms with Crippen molar-refractivity contribution in [1.29, 1.82) is 0 Å². The van der Waals surface area contributed by atoms with Gasteiger partial charge in [0, 0.05) is 37.6 Å². The topological polar surface area (TPSA) is 52.5 Å². The Labute approximate surface area is 141 Å². The number of aromatic nitrogens is 1. The molecule has 0 saturated carbocycles. The fourth-order valence-electron chi connectivity index (χ4n) is 3.12. The lowest BCUT2D eigenvalue weighted by Crippen LogP contribution is -2.47. The highest BCUT2D eigenvalue weighted by Crippen LogP contribution is 2.34. The Hall–Kier alpha value is -2.48. The Morgan fingerprint density at radius 2 is 1.84 bits per heavy atom. The molecule has 0 unspecified atom stereocenters. The minimum atomic E-state index is -4.40. The number of carbonyl (C=O) groups is 1. The van der Waals surface area contributed by atoms with Gasteiger partial charge in [-0.25, -0.2) is 0 Å². The van der Waals surface area contributed by atoms with Crippen LogP contribution in [0.5, 0.6) is 0 Å². The van der Waals surface area contributed by atoms with Crippen LogP contribution in [0.4, 0.5) is 13.2 Å². The molecule has 0 bridgehead atoms. The number of benzene rings is 1. The van der Waals surface area contributed by atoms with Crippen molar-refractivity contribution in [2.75, 3.05) is 33.2 Å². The molecule has 0 spiro atoms. The van der Waals surface area contributed by atoms with Gasteiger partial charge >= 0.3 is 6.18 Å². The van der Waals surface area contributed by atoms with Crippen LogP contribution < -0.4 is 0 Å². The molecule has 1 N–H and O–H groups in total. The second kappa shape index (κ2) is 5.52. The van der Waals surface area contributed by atoms with E-state index in [0.29, 0.717) is 35.1 Å². The van der Waals surface area contributed by atoms with Gasteiger partial charge in [0.2, 0.25) is 0 Å². The van der Waals surface area contributed by atoms with Gasteiger partial charge in [-0.1, -0.05) is 0 Å². The number of amides is 1. The number of nitrogens with one attached hydrogen (secondary N) is 1. The van der Waals surface area contributed by atoms with Gasteiger partial charge in [0.1, 0.15) is 0 Å². The van der Waals surface area contributed by atoms with E-state index in [0.717, 1.165) is 25.2 Å². The Morgan fingerprint density at radius 1 is 1.12 bits per heavy atom. The summed E-state index contributed by atoms with van der Waals surface area (Å²) in [6.45, 7) is 2.85. The molecule has 3 heterocycles. The number of furan rings is 1. The van der Waals surface area contributed by atoms with Gasteiger partial charge in [-0.3, -0.25) is 4.79 Å². The minimum absolute atomic E-state index is 0.197. The second-order valence-electron chi connectivity index (χ2n) is 6.33. The summed E-state index contributed by atoms with van der Waals surface area (Å²) in [4.78, 5) is 19.3. The molecule has 25 heavy (non-hydrogen) atoms. The minimum Gasteiger partial charge on any atom is -0.449 e. The van der Waals surface area contributed by atoms with Gasteiger partial charge in [-0.05, 0) is 25.2 Å². The average Bonchev–Trinajstić information content (AvgIpc) is 3.11. The number of hydrogen-bond acceptors (Lipinski definition) is 3. The molecule has 1 saturated heterocycles. The molecule has 132 valence electrons. The van der Waals surface area contributed by atoms with Crippen LogP contribution in [0.3, 0.4) is 0 Å². The van der Waals surface area contributed by atoms with Gasteiger partial charge in [0.25, 0.3) is 5.91 Å². The highest BCUT2D eigenvalue weighted by atomic mass is 19.4. The predicted octanol–water partition coefficient (Wildman–Crippen LogP) is 3.32. The second-order valence-corrected chi connectivity index (χ2v) is 6.33. The normalized spacial score (nSPS) is 16.9. The molecule has 0 aliphatic carbocycles. The fraction of sp³-hybridized carbons (Fsp3) is 0.353. The highest BCUT2D eigenvalue weighted by molar-refractivity contribution is 6.07. The van der Waals surface area contributed by atoms with Crippen molar-refractivity contribution in [1.82, 2.24) is 14.8 Å². The standard InChI is InChI=1S/C17H16F3N3O2/c1-22-4-6-23(7-5-22)16(24)14-9-13-15(25-14)11-3-2-10(17(18,19)20)8-12(11)21-13/h2-3,8-9,21H,4-7H2,1H3. The van der Waals surface area contributed by atoms with E-state index in [9.17, 15) is 18.0 Å². The molecule has 0 atom stereocenters. The number of carbonyl (C=O) groups excluding carboxylic acids is 1.